The van der Waals surface area contributed by atoms with E-state index in [1.165, 1.54) is 21.1 Å². The number of carbonyl (C=O) groups is 4. The number of methoxy groups -OCH3 is 2. The standard InChI is InChI=1S/C37H29NO7/c1-21(39)45-24-18-15-23(16-19-24)33(40)32-31(27-12-8-14-29(43-2)34(27)44-3)37(35(41)25-10-5-6-11-26(25)36(37)42)30-20-17-22-9-4-7-13-28(22)38(30)32/h4-20,30-32H,1-3H3/t30?,31-,32+/m1/s1. The Morgan fingerprint density at radius 1 is 0.778 bits per heavy atom. The number of hydrogen-bond acceptors (Lipinski definition) is 8. The SMILES string of the molecule is COc1cccc([C@@H]2[C@@H](C(=O)c3ccc(OC(C)=O)cc3)N3c4ccccc4C=CC3C23C(=O)c2ccccc2C3=O)c1OC. The third-order valence-electron chi connectivity index (χ3n) is 9.15. The lowest BCUT2D eigenvalue weighted by Crippen LogP contribution is -2.48. The van der Waals surface area contributed by atoms with E-state index in [1.807, 2.05) is 41.3 Å². The van der Waals surface area contributed by atoms with E-state index in [9.17, 15) is 19.2 Å². The zero-order chi connectivity index (χ0) is 31.5. The van der Waals surface area contributed by atoms with Crippen molar-refractivity contribution in [3.05, 3.63) is 125 Å². The number of ether oxygens (including phenoxy) is 3. The minimum absolute atomic E-state index is 0.300. The average Bonchev–Trinajstić information content (AvgIpc) is 3.50. The Kier molecular flexibility index (Phi) is 6.66. The fraction of sp³-hybridized carbons (Fsp3) is 0.189. The van der Waals surface area contributed by atoms with Crippen LogP contribution in [0, 0.1) is 5.41 Å². The smallest absolute Gasteiger partial charge is 0.308 e. The van der Waals surface area contributed by atoms with Gasteiger partial charge in [-0.15, -0.1) is 0 Å². The Morgan fingerprint density at radius 2 is 1.44 bits per heavy atom. The van der Waals surface area contributed by atoms with Crippen molar-refractivity contribution in [2.75, 3.05) is 19.1 Å². The lowest BCUT2D eigenvalue weighted by atomic mass is 9.64. The third-order valence-corrected chi connectivity index (χ3v) is 9.15. The maximum absolute atomic E-state index is 14.9. The number of hydrogen-bond donors (Lipinski definition) is 0. The molecule has 1 aliphatic carbocycles. The van der Waals surface area contributed by atoms with E-state index in [0.29, 0.717) is 39.5 Å². The summed E-state index contributed by atoms with van der Waals surface area (Å²) in [6.07, 6.45) is 3.79. The Labute approximate surface area is 259 Å². The van der Waals surface area contributed by atoms with E-state index in [1.54, 1.807) is 66.7 Å². The minimum Gasteiger partial charge on any atom is -0.493 e. The average molecular weight is 600 g/mol. The van der Waals surface area contributed by atoms with Crippen LogP contribution in [0.3, 0.4) is 0 Å². The molecule has 2 heterocycles. The molecule has 3 atom stereocenters. The summed E-state index contributed by atoms with van der Waals surface area (Å²) in [5.41, 5.74) is 1.43. The van der Waals surface area contributed by atoms with Crippen LogP contribution in [-0.2, 0) is 4.79 Å². The summed E-state index contributed by atoms with van der Waals surface area (Å²) < 4.78 is 16.8. The first-order chi connectivity index (χ1) is 21.8. The first-order valence-corrected chi connectivity index (χ1v) is 14.6. The first-order valence-electron chi connectivity index (χ1n) is 14.6. The quantitative estimate of drug-likeness (QED) is 0.116. The third kappa shape index (κ3) is 3.98. The monoisotopic (exact) mass is 599 g/mol. The second-order valence-corrected chi connectivity index (χ2v) is 11.3. The van der Waals surface area contributed by atoms with Gasteiger partial charge in [-0.3, -0.25) is 19.2 Å². The highest BCUT2D eigenvalue weighted by Crippen LogP contribution is 2.62. The van der Waals surface area contributed by atoms with Gasteiger partial charge in [-0.1, -0.05) is 66.7 Å². The molecule has 1 spiro atoms. The van der Waals surface area contributed by atoms with Gasteiger partial charge in [-0.2, -0.15) is 0 Å². The van der Waals surface area contributed by atoms with Crippen LogP contribution in [0.25, 0.3) is 6.08 Å². The summed E-state index contributed by atoms with van der Waals surface area (Å²) >= 11 is 0. The lowest BCUT2D eigenvalue weighted by molar-refractivity contribution is -0.131. The Bertz CT molecular complexity index is 1890. The molecule has 8 nitrogen and oxygen atoms in total. The largest absolute Gasteiger partial charge is 0.493 e. The number of carbonyl (C=O) groups excluding carboxylic acids is 4. The maximum atomic E-state index is 14.9. The zero-order valence-corrected chi connectivity index (χ0v) is 24.9. The number of esters is 1. The van der Waals surface area contributed by atoms with E-state index >= 15 is 0 Å². The van der Waals surface area contributed by atoms with Gasteiger partial charge in [0.2, 0.25) is 0 Å². The second kappa shape index (κ2) is 10.6. The van der Waals surface area contributed by atoms with Gasteiger partial charge in [0.25, 0.3) is 0 Å². The van der Waals surface area contributed by atoms with Crippen LogP contribution in [0.5, 0.6) is 17.2 Å². The van der Waals surface area contributed by atoms with Crippen LogP contribution in [-0.4, -0.2) is 49.6 Å². The van der Waals surface area contributed by atoms with Gasteiger partial charge in [0.15, 0.2) is 28.8 Å². The molecule has 0 N–H and O–H groups in total. The summed E-state index contributed by atoms with van der Waals surface area (Å²) in [4.78, 5) is 58.2. The highest BCUT2D eigenvalue weighted by Gasteiger charge is 2.72. The molecule has 0 bridgehead atoms. The molecule has 224 valence electrons. The molecule has 2 aliphatic heterocycles. The predicted octanol–water partition coefficient (Wildman–Crippen LogP) is 5.95. The summed E-state index contributed by atoms with van der Waals surface area (Å²) in [5, 5.41) is 0. The normalized spacial score (nSPS) is 20.4. The van der Waals surface area contributed by atoms with Crippen LogP contribution in [0.15, 0.2) is 97.1 Å². The van der Waals surface area contributed by atoms with E-state index in [-0.39, 0.29) is 17.3 Å². The summed E-state index contributed by atoms with van der Waals surface area (Å²) in [6, 6.07) is 24.3. The molecule has 4 aromatic carbocycles. The van der Waals surface area contributed by atoms with Gasteiger partial charge < -0.3 is 19.1 Å². The highest BCUT2D eigenvalue weighted by molar-refractivity contribution is 6.32. The molecular weight excluding hydrogens is 570 g/mol. The van der Waals surface area contributed by atoms with Crippen LogP contribution >= 0.6 is 0 Å². The Balaban J connectivity index is 1.53. The van der Waals surface area contributed by atoms with Crippen molar-refractivity contribution >= 4 is 35.1 Å². The molecular formula is C37H29NO7. The van der Waals surface area contributed by atoms with Gasteiger partial charge in [0.1, 0.15) is 17.2 Å². The highest BCUT2D eigenvalue weighted by atomic mass is 16.5. The minimum atomic E-state index is -1.69. The number of benzene rings is 4. The molecule has 0 amide bonds. The molecule has 45 heavy (non-hydrogen) atoms. The van der Waals surface area contributed by atoms with E-state index < -0.39 is 29.4 Å². The van der Waals surface area contributed by atoms with Gasteiger partial charge in [0, 0.05) is 40.8 Å². The fourth-order valence-electron chi connectivity index (χ4n) is 7.44. The van der Waals surface area contributed by atoms with E-state index in [0.717, 1.165) is 11.3 Å². The van der Waals surface area contributed by atoms with Gasteiger partial charge in [-0.05, 0) is 42.0 Å². The van der Waals surface area contributed by atoms with E-state index in [2.05, 4.69) is 0 Å². The van der Waals surface area contributed by atoms with Crippen molar-refractivity contribution in [2.24, 2.45) is 5.41 Å². The van der Waals surface area contributed by atoms with Crippen LogP contribution in [0.2, 0.25) is 0 Å². The van der Waals surface area contributed by atoms with Crippen molar-refractivity contribution in [3.63, 3.8) is 0 Å². The summed E-state index contributed by atoms with van der Waals surface area (Å²) in [7, 11) is 3.02. The van der Waals surface area contributed by atoms with Gasteiger partial charge in [0.05, 0.1) is 20.3 Å². The molecule has 4 aromatic rings. The van der Waals surface area contributed by atoms with E-state index in [4.69, 9.17) is 14.2 Å². The Hall–Kier alpha value is -5.50. The molecule has 1 saturated heterocycles. The molecule has 1 unspecified atom stereocenters. The van der Waals surface area contributed by atoms with Crippen LogP contribution < -0.4 is 19.1 Å². The number of anilines is 1. The number of fused-ring (bicyclic) bond motifs is 5. The predicted molar refractivity (Wildman–Crippen MR) is 167 cm³/mol. The zero-order valence-electron chi connectivity index (χ0n) is 24.9. The first kappa shape index (κ1) is 28.3. The Morgan fingerprint density at radius 3 is 2.09 bits per heavy atom. The number of para-hydroxylation sites is 2. The van der Waals surface area contributed by atoms with Crippen molar-refractivity contribution in [1.82, 2.24) is 0 Å². The fourth-order valence-corrected chi connectivity index (χ4v) is 7.44. The van der Waals surface area contributed by atoms with Crippen molar-refractivity contribution in [1.29, 1.82) is 0 Å². The number of nitrogens with zero attached hydrogens (tertiary/aromatic N) is 1. The maximum Gasteiger partial charge on any atom is 0.308 e. The molecule has 7 rings (SSSR count). The molecule has 8 heteroatoms. The molecule has 3 aliphatic rings. The number of Topliss-reactive ketones (excluding diaryl/α,β-unsaturated/α-hetero) is 3. The molecule has 0 saturated carbocycles. The second-order valence-electron chi connectivity index (χ2n) is 11.3. The van der Waals surface area contributed by atoms with Crippen molar-refractivity contribution in [3.8, 4) is 17.2 Å². The summed E-state index contributed by atoms with van der Waals surface area (Å²) in [5.74, 6) is -1.36. The van der Waals surface area contributed by atoms with Crippen molar-refractivity contribution < 1.29 is 33.4 Å². The van der Waals surface area contributed by atoms with Gasteiger partial charge >= 0.3 is 5.97 Å². The lowest BCUT2D eigenvalue weighted by Gasteiger charge is -2.37. The molecule has 0 radical (unpaired) electrons. The topological polar surface area (TPSA) is 99.2 Å². The van der Waals surface area contributed by atoms with Crippen LogP contribution in [0.1, 0.15) is 55.0 Å². The van der Waals surface area contributed by atoms with Crippen LogP contribution in [0.4, 0.5) is 5.69 Å². The molecule has 0 aromatic heterocycles. The number of rotatable bonds is 6. The number of ketones is 3. The van der Waals surface area contributed by atoms with Gasteiger partial charge in [-0.25, -0.2) is 0 Å². The summed E-state index contributed by atoms with van der Waals surface area (Å²) in [6.45, 7) is 1.30. The molecule has 1 fully saturated rings. The van der Waals surface area contributed by atoms with Crippen molar-refractivity contribution in [2.45, 2.75) is 24.9 Å².